The molecule has 0 fully saturated rings. The Balaban J connectivity index is 2.88. The Bertz CT molecular complexity index is 330. The zero-order valence-corrected chi connectivity index (χ0v) is 8.45. The number of hydrogen-bond acceptors (Lipinski definition) is 3. The Kier molecular flexibility index (Phi) is 3.96. The molecule has 1 aromatic carbocycles. The van der Waals surface area contributed by atoms with Crippen LogP contribution in [-0.4, -0.2) is 13.7 Å². The van der Waals surface area contributed by atoms with Gasteiger partial charge in [0.25, 0.3) is 0 Å². The monoisotopic (exact) mass is 190 g/mol. The number of nitrogens with one attached hydrogen (secondary N) is 1. The van der Waals surface area contributed by atoms with E-state index >= 15 is 0 Å². The SMILES string of the molecule is CCNC(C#N)c1cccc(OC)c1. The van der Waals surface area contributed by atoms with Gasteiger partial charge in [-0.05, 0) is 24.2 Å². The zero-order chi connectivity index (χ0) is 10.4. The second kappa shape index (κ2) is 5.25. The van der Waals surface area contributed by atoms with E-state index in [1.165, 1.54) is 0 Å². The van der Waals surface area contributed by atoms with Gasteiger partial charge < -0.3 is 4.74 Å². The molecule has 0 saturated heterocycles. The van der Waals surface area contributed by atoms with Crippen molar-refractivity contribution in [3.63, 3.8) is 0 Å². The van der Waals surface area contributed by atoms with E-state index < -0.39 is 0 Å². The quantitative estimate of drug-likeness (QED) is 0.788. The third-order valence-corrected chi connectivity index (χ3v) is 1.96. The number of hydrogen-bond donors (Lipinski definition) is 1. The first kappa shape index (κ1) is 10.6. The number of nitrogens with zero attached hydrogens (tertiary/aromatic N) is 1. The van der Waals surface area contributed by atoms with E-state index in [4.69, 9.17) is 10.00 Å². The highest BCUT2D eigenvalue weighted by molar-refractivity contribution is 5.32. The number of ether oxygens (including phenoxy) is 1. The molecule has 0 spiro atoms. The predicted octanol–water partition coefficient (Wildman–Crippen LogP) is 1.87. The lowest BCUT2D eigenvalue weighted by Crippen LogP contribution is -2.19. The number of rotatable bonds is 4. The Hall–Kier alpha value is -1.53. The van der Waals surface area contributed by atoms with E-state index in [1.54, 1.807) is 7.11 Å². The second-order valence-electron chi connectivity index (χ2n) is 2.90. The Morgan fingerprint density at radius 2 is 2.36 bits per heavy atom. The van der Waals surface area contributed by atoms with Gasteiger partial charge in [-0.15, -0.1) is 0 Å². The molecule has 1 aromatic rings. The Morgan fingerprint density at radius 1 is 1.57 bits per heavy atom. The normalized spacial score (nSPS) is 11.8. The van der Waals surface area contributed by atoms with Crippen LogP contribution in [0.25, 0.3) is 0 Å². The van der Waals surface area contributed by atoms with Gasteiger partial charge in [0.15, 0.2) is 0 Å². The molecule has 1 atom stereocenters. The van der Waals surface area contributed by atoms with Gasteiger partial charge in [0, 0.05) is 0 Å². The van der Waals surface area contributed by atoms with E-state index in [9.17, 15) is 0 Å². The molecule has 0 amide bonds. The zero-order valence-electron chi connectivity index (χ0n) is 8.45. The standard InChI is InChI=1S/C11H14N2O/c1-3-13-11(8-12)9-5-4-6-10(7-9)14-2/h4-7,11,13H,3H2,1-2H3. The summed E-state index contributed by atoms with van der Waals surface area (Å²) in [6.45, 7) is 2.75. The highest BCUT2D eigenvalue weighted by atomic mass is 16.5. The minimum absolute atomic E-state index is 0.255. The van der Waals surface area contributed by atoms with E-state index in [1.807, 2.05) is 31.2 Å². The van der Waals surface area contributed by atoms with Crippen LogP contribution in [0, 0.1) is 11.3 Å². The fourth-order valence-corrected chi connectivity index (χ4v) is 1.26. The van der Waals surface area contributed by atoms with Gasteiger partial charge in [0.05, 0.1) is 13.2 Å². The molecule has 14 heavy (non-hydrogen) atoms. The first-order chi connectivity index (χ1) is 6.81. The highest BCUT2D eigenvalue weighted by Crippen LogP contribution is 2.18. The largest absolute Gasteiger partial charge is 0.497 e. The summed E-state index contributed by atoms with van der Waals surface area (Å²) in [6, 6.07) is 9.49. The van der Waals surface area contributed by atoms with E-state index in [0.29, 0.717) is 0 Å². The van der Waals surface area contributed by atoms with E-state index in [-0.39, 0.29) is 6.04 Å². The Labute approximate surface area is 84.3 Å². The lowest BCUT2D eigenvalue weighted by Gasteiger charge is -2.10. The van der Waals surface area contributed by atoms with Crippen molar-refractivity contribution >= 4 is 0 Å². The minimum atomic E-state index is -0.255. The molecule has 3 heteroatoms. The van der Waals surface area contributed by atoms with Gasteiger partial charge in [0.1, 0.15) is 11.8 Å². The molecule has 1 rings (SSSR count). The van der Waals surface area contributed by atoms with Gasteiger partial charge in [-0.2, -0.15) is 5.26 Å². The minimum Gasteiger partial charge on any atom is -0.497 e. The molecule has 0 aliphatic rings. The molecule has 1 N–H and O–H groups in total. The summed E-state index contributed by atoms with van der Waals surface area (Å²) in [5.41, 5.74) is 0.939. The second-order valence-corrected chi connectivity index (χ2v) is 2.90. The van der Waals surface area contributed by atoms with Crippen molar-refractivity contribution in [2.24, 2.45) is 0 Å². The highest BCUT2D eigenvalue weighted by Gasteiger charge is 2.08. The van der Waals surface area contributed by atoms with Crippen LogP contribution in [-0.2, 0) is 0 Å². The van der Waals surface area contributed by atoms with E-state index in [2.05, 4.69) is 11.4 Å². The fraction of sp³-hybridized carbons (Fsp3) is 0.364. The summed E-state index contributed by atoms with van der Waals surface area (Å²) in [7, 11) is 1.62. The molecule has 0 heterocycles. The predicted molar refractivity (Wildman–Crippen MR) is 55.0 cm³/mol. The van der Waals surface area contributed by atoms with Crippen molar-refractivity contribution in [2.75, 3.05) is 13.7 Å². The van der Waals surface area contributed by atoms with Crippen molar-refractivity contribution in [1.82, 2.24) is 5.32 Å². The molecule has 3 nitrogen and oxygen atoms in total. The van der Waals surface area contributed by atoms with Crippen LogP contribution < -0.4 is 10.1 Å². The molecule has 0 aromatic heterocycles. The number of benzene rings is 1. The number of nitriles is 1. The summed E-state index contributed by atoms with van der Waals surface area (Å²) >= 11 is 0. The molecule has 0 radical (unpaired) electrons. The number of methoxy groups -OCH3 is 1. The van der Waals surface area contributed by atoms with Crippen LogP contribution in [0.15, 0.2) is 24.3 Å². The maximum absolute atomic E-state index is 8.92. The molecule has 0 aliphatic carbocycles. The smallest absolute Gasteiger partial charge is 0.121 e. The maximum Gasteiger partial charge on any atom is 0.121 e. The van der Waals surface area contributed by atoms with Gasteiger partial charge >= 0.3 is 0 Å². The molecule has 0 bridgehead atoms. The van der Waals surface area contributed by atoms with Crippen molar-refractivity contribution in [3.05, 3.63) is 29.8 Å². The maximum atomic E-state index is 8.92. The van der Waals surface area contributed by atoms with Crippen molar-refractivity contribution in [1.29, 1.82) is 5.26 Å². The average Bonchev–Trinajstić information content (AvgIpc) is 2.26. The van der Waals surface area contributed by atoms with Crippen LogP contribution in [0.1, 0.15) is 18.5 Å². The lowest BCUT2D eigenvalue weighted by atomic mass is 10.1. The summed E-state index contributed by atoms with van der Waals surface area (Å²) in [4.78, 5) is 0. The summed E-state index contributed by atoms with van der Waals surface area (Å²) in [5, 5.41) is 12.0. The van der Waals surface area contributed by atoms with Crippen LogP contribution in [0.2, 0.25) is 0 Å². The third-order valence-electron chi connectivity index (χ3n) is 1.96. The molecule has 1 unspecified atom stereocenters. The molecule has 0 aliphatic heterocycles. The molecular formula is C11H14N2O. The third kappa shape index (κ3) is 2.48. The van der Waals surface area contributed by atoms with Crippen LogP contribution in [0.3, 0.4) is 0 Å². The van der Waals surface area contributed by atoms with Gasteiger partial charge in [0.2, 0.25) is 0 Å². The first-order valence-electron chi connectivity index (χ1n) is 4.58. The van der Waals surface area contributed by atoms with E-state index in [0.717, 1.165) is 17.9 Å². The molecular weight excluding hydrogens is 176 g/mol. The Morgan fingerprint density at radius 3 is 2.93 bits per heavy atom. The van der Waals surface area contributed by atoms with Crippen molar-refractivity contribution in [2.45, 2.75) is 13.0 Å². The fourth-order valence-electron chi connectivity index (χ4n) is 1.26. The van der Waals surface area contributed by atoms with Gasteiger partial charge in [-0.25, -0.2) is 0 Å². The van der Waals surface area contributed by atoms with Gasteiger partial charge in [-0.1, -0.05) is 19.1 Å². The average molecular weight is 190 g/mol. The summed E-state index contributed by atoms with van der Waals surface area (Å²) in [6.07, 6.45) is 0. The van der Waals surface area contributed by atoms with Crippen LogP contribution >= 0.6 is 0 Å². The first-order valence-corrected chi connectivity index (χ1v) is 4.58. The van der Waals surface area contributed by atoms with Crippen molar-refractivity contribution in [3.8, 4) is 11.8 Å². The van der Waals surface area contributed by atoms with Crippen molar-refractivity contribution < 1.29 is 4.74 Å². The lowest BCUT2D eigenvalue weighted by molar-refractivity contribution is 0.414. The summed E-state index contributed by atoms with van der Waals surface area (Å²) < 4.78 is 5.09. The molecule has 0 saturated carbocycles. The van der Waals surface area contributed by atoms with Gasteiger partial charge in [-0.3, -0.25) is 5.32 Å². The topological polar surface area (TPSA) is 45.0 Å². The van der Waals surface area contributed by atoms with Crippen LogP contribution in [0.5, 0.6) is 5.75 Å². The molecule has 74 valence electrons. The summed E-state index contributed by atoms with van der Waals surface area (Å²) in [5.74, 6) is 0.778. The van der Waals surface area contributed by atoms with Crippen LogP contribution in [0.4, 0.5) is 0 Å².